The van der Waals surface area contributed by atoms with Crippen LogP contribution in [-0.2, 0) is 9.47 Å². The molecule has 2 aliphatic carbocycles. The average molecular weight is 323 g/mol. The second-order valence-electron chi connectivity index (χ2n) is 7.65. The topological polar surface area (TPSA) is 18.5 Å². The van der Waals surface area contributed by atoms with Crippen LogP contribution in [0.1, 0.15) is 78.1 Å². The predicted molar refractivity (Wildman–Crippen MR) is 97.7 cm³/mol. The van der Waals surface area contributed by atoms with Crippen molar-refractivity contribution in [3.05, 3.63) is 12.2 Å². The van der Waals surface area contributed by atoms with E-state index in [9.17, 15) is 0 Å². The Kier molecular flexibility index (Phi) is 9.29. The molecule has 0 amide bonds. The van der Waals surface area contributed by atoms with Crippen molar-refractivity contribution in [1.29, 1.82) is 0 Å². The van der Waals surface area contributed by atoms with Crippen LogP contribution in [-0.4, -0.2) is 25.9 Å². The fraction of sp³-hybridized carbons (Fsp3) is 0.905. The zero-order valence-corrected chi connectivity index (χ0v) is 15.5. The third kappa shape index (κ3) is 6.97. The lowest BCUT2D eigenvalue weighted by Crippen LogP contribution is -2.29. The molecule has 0 N–H and O–H groups in total. The largest absolute Gasteiger partial charge is 0.381 e. The zero-order valence-electron chi connectivity index (χ0n) is 15.5. The van der Waals surface area contributed by atoms with Gasteiger partial charge in [0.1, 0.15) is 0 Å². The first-order chi connectivity index (χ1) is 11.3. The van der Waals surface area contributed by atoms with Gasteiger partial charge in [0.05, 0.1) is 12.7 Å². The van der Waals surface area contributed by atoms with Crippen molar-refractivity contribution < 1.29 is 9.47 Å². The molecule has 134 valence electrons. The molecule has 0 aliphatic heterocycles. The van der Waals surface area contributed by atoms with Gasteiger partial charge in [-0.2, -0.15) is 0 Å². The molecule has 2 heteroatoms. The number of unbranched alkanes of at least 4 members (excludes halogenated alkanes) is 1. The van der Waals surface area contributed by atoms with E-state index in [2.05, 4.69) is 26.0 Å². The quantitative estimate of drug-likeness (QED) is 0.397. The Morgan fingerprint density at radius 1 is 0.913 bits per heavy atom. The van der Waals surface area contributed by atoms with Crippen molar-refractivity contribution in [2.45, 2.75) is 84.2 Å². The molecule has 2 nitrogen and oxygen atoms in total. The van der Waals surface area contributed by atoms with Crippen molar-refractivity contribution in [2.24, 2.45) is 17.8 Å². The molecule has 0 aromatic carbocycles. The Labute approximate surface area is 144 Å². The summed E-state index contributed by atoms with van der Waals surface area (Å²) in [5.74, 6) is 2.79. The van der Waals surface area contributed by atoms with Crippen molar-refractivity contribution in [2.75, 3.05) is 19.8 Å². The van der Waals surface area contributed by atoms with Gasteiger partial charge < -0.3 is 9.47 Å². The molecule has 0 radical (unpaired) electrons. The minimum Gasteiger partial charge on any atom is -0.381 e. The molecule has 0 unspecified atom stereocenters. The van der Waals surface area contributed by atoms with Gasteiger partial charge in [0.15, 0.2) is 0 Å². The summed E-state index contributed by atoms with van der Waals surface area (Å²) in [6.07, 6.45) is 18.2. The van der Waals surface area contributed by atoms with E-state index in [-0.39, 0.29) is 0 Å². The first-order valence-electron chi connectivity index (χ1n) is 10.1. The molecule has 0 bridgehead atoms. The van der Waals surface area contributed by atoms with Crippen LogP contribution >= 0.6 is 0 Å². The summed E-state index contributed by atoms with van der Waals surface area (Å²) >= 11 is 0. The minimum atomic E-state index is 0.519. The molecule has 2 rings (SSSR count). The van der Waals surface area contributed by atoms with Gasteiger partial charge in [0.25, 0.3) is 0 Å². The van der Waals surface area contributed by atoms with E-state index < -0.39 is 0 Å². The van der Waals surface area contributed by atoms with Crippen LogP contribution < -0.4 is 0 Å². The van der Waals surface area contributed by atoms with Gasteiger partial charge in [-0.25, -0.2) is 0 Å². The molecule has 0 saturated heterocycles. The lowest BCUT2D eigenvalue weighted by molar-refractivity contribution is 0.0169. The molecule has 0 aromatic heterocycles. The van der Waals surface area contributed by atoms with E-state index in [0.29, 0.717) is 6.10 Å². The summed E-state index contributed by atoms with van der Waals surface area (Å²) in [6, 6.07) is 0. The van der Waals surface area contributed by atoms with E-state index in [1.165, 1.54) is 64.2 Å². The highest BCUT2D eigenvalue weighted by Gasteiger charge is 2.31. The highest BCUT2D eigenvalue weighted by molar-refractivity contribution is 4.83. The Morgan fingerprint density at radius 2 is 1.57 bits per heavy atom. The second-order valence-corrected chi connectivity index (χ2v) is 7.65. The van der Waals surface area contributed by atoms with Gasteiger partial charge in [-0.3, -0.25) is 0 Å². The third-order valence-electron chi connectivity index (χ3n) is 5.94. The molecular formula is C21H38O2. The molecule has 2 fully saturated rings. The van der Waals surface area contributed by atoms with Gasteiger partial charge in [0, 0.05) is 13.2 Å². The molecule has 0 spiro atoms. The third-order valence-corrected chi connectivity index (χ3v) is 5.94. The van der Waals surface area contributed by atoms with Crippen molar-refractivity contribution in [1.82, 2.24) is 0 Å². The molecule has 23 heavy (non-hydrogen) atoms. The van der Waals surface area contributed by atoms with Gasteiger partial charge in [0.2, 0.25) is 0 Å². The molecule has 2 aliphatic rings. The van der Waals surface area contributed by atoms with Gasteiger partial charge in [-0.15, -0.1) is 0 Å². The Hall–Kier alpha value is -0.340. The fourth-order valence-corrected chi connectivity index (χ4v) is 4.34. The SMILES string of the molecule is CC=CCO[C@H]1CC[C@H]([C@H]2CC[C@H](COCCCC)CC2)CC1. The molecular weight excluding hydrogens is 284 g/mol. The van der Waals surface area contributed by atoms with Crippen LogP contribution in [0, 0.1) is 17.8 Å². The number of ether oxygens (including phenoxy) is 2. The summed E-state index contributed by atoms with van der Waals surface area (Å²) in [7, 11) is 0. The smallest absolute Gasteiger partial charge is 0.0651 e. The van der Waals surface area contributed by atoms with Crippen molar-refractivity contribution in [3.8, 4) is 0 Å². The maximum atomic E-state index is 5.94. The maximum absolute atomic E-state index is 5.94. The van der Waals surface area contributed by atoms with E-state index in [4.69, 9.17) is 9.47 Å². The number of hydrogen-bond acceptors (Lipinski definition) is 2. The van der Waals surface area contributed by atoms with Gasteiger partial charge >= 0.3 is 0 Å². The van der Waals surface area contributed by atoms with E-state index >= 15 is 0 Å². The lowest BCUT2D eigenvalue weighted by atomic mass is 9.71. The average Bonchev–Trinajstić information content (AvgIpc) is 2.60. The van der Waals surface area contributed by atoms with Crippen LogP contribution in [0.4, 0.5) is 0 Å². The van der Waals surface area contributed by atoms with Crippen molar-refractivity contribution >= 4 is 0 Å². The highest BCUT2D eigenvalue weighted by atomic mass is 16.5. The summed E-state index contributed by atoms with van der Waals surface area (Å²) in [5.41, 5.74) is 0. The molecule has 2 saturated carbocycles. The van der Waals surface area contributed by atoms with Crippen molar-refractivity contribution in [3.63, 3.8) is 0 Å². The van der Waals surface area contributed by atoms with Gasteiger partial charge in [-0.05, 0) is 82.5 Å². The molecule has 0 atom stereocenters. The van der Waals surface area contributed by atoms with Crippen LogP contribution in [0.15, 0.2) is 12.2 Å². The Morgan fingerprint density at radius 3 is 2.17 bits per heavy atom. The maximum Gasteiger partial charge on any atom is 0.0651 e. The van der Waals surface area contributed by atoms with E-state index in [0.717, 1.165) is 37.6 Å². The normalized spacial score (nSPS) is 32.4. The minimum absolute atomic E-state index is 0.519. The number of allylic oxidation sites excluding steroid dienone is 1. The number of hydrogen-bond donors (Lipinski definition) is 0. The summed E-state index contributed by atoms with van der Waals surface area (Å²) in [6.45, 7) is 7.07. The first kappa shape index (κ1) is 19.0. The Balaban J connectivity index is 1.57. The van der Waals surface area contributed by atoms with Gasteiger partial charge in [-0.1, -0.05) is 25.5 Å². The standard InChI is InChI=1S/C21H38O2/c1-3-5-15-22-17-18-7-9-19(10-8-18)20-11-13-21(14-12-20)23-16-6-4-2/h4,6,18-21H,3,5,7-17H2,1-2H3/t18-,19-,20-,21-. The van der Waals surface area contributed by atoms with Crippen LogP contribution in [0.2, 0.25) is 0 Å². The Bertz CT molecular complexity index is 310. The van der Waals surface area contributed by atoms with Crippen LogP contribution in [0.5, 0.6) is 0 Å². The van der Waals surface area contributed by atoms with E-state index in [1.54, 1.807) is 0 Å². The van der Waals surface area contributed by atoms with Crippen LogP contribution in [0.25, 0.3) is 0 Å². The van der Waals surface area contributed by atoms with E-state index in [1.807, 2.05) is 0 Å². The lowest BCUT2D eigenvalue weighted by Gasteiger charge is -2.37. The fourth-order valence-electron chi connectivity index (χ4n) is 4.34. The second kappa shape index (κ2) is 11.3. The summed E-state index contributed by atoms with van der Waals surface area (Å²) < 4.78 is 11.8. The number of rotatable bonds is 9. The highest BCUT2D eigenvalue weighted by Crippen LogP contribution is 2.40. The molecule has 0 heterocycles. The molecule has 0 aromatic rings. The zero-order chi connectivity index (χ0) is 16.3. The monoisotopic (exact) mass is 322 g/mol. The van der Waals surface area contributed by atoms with Crippen LogP contribution in [0.3, 0.4) is 0 Å². The predicted octanol–water partition coefficient (Wildman–Crippen LogP) is 5.76. The summed E-state index contributed by atoms with van der Waals surface area (Å²) in [4.78, 5) is 0. The summed E-state index contributed by atoms with van der Waals surface area (Å²) in [5, 5.41) is 0. The first-order valence-corrected chi connectivity index (χ1v) is 10.1.